The fourth-order valence-electron chi connectivity index (χ4n) is 1.75. The summed E-state index contributed by atoms with van der Waals surface area (Å²) in [4.78, 5) is 14.9. The summed E-state index contributed by atoms with van der Waals surface area (Å²) >= 11 is 1.07. The Labute approximate surface area is 117 Å². The summed E-state index contributed by atoms with van der Waals surface area (Å²) in [5, 5.41) is 21.4. The average molecular weight is 287 g/mol. The Balaban J connectivity index is 1.98. The molecule has 0 saturated heterocycles. The smallest absolute Gasteiger partial charge is 0.313 e. The molecule has 2 aromatic heterocycles. The summed E-state index contributed by atoms with van der Waals surface area (Å²) in [6.07, 6.45) is 1.73. The van der Waals surface area contributed by atoms with Gasteiger partial charge in [0.05, 0.1) is 17.0 Å². The van der Waals surface area contributed by atoms with E-state index in [2.05, 4.69) is 20.5 Å². The first-order valence-corrected chi connectivity index (χ1v) is 6.71. The van der Waals surface area contributed by atoms with Crippen LogP contribution in [0.5, 0.6) is 0 Å². The lowest BCUT2D eigenvalue weighted by atomic mass is 10.2. The van der Waals surface area contributed by atoms with Gasteiger partial charge in [-0.2, -0.15) is 4.68 Å². The van der Waals surface area contributed by atoms with Gasteiger partial charge in [0.15, 0.2) is 0 Å². The molecular weight excluding hydrogens is 278 g/mol. The highest BCUT2D eigenvalue weighted by Gasteiger charge is 2.11. The van der Waals surface area contributed by atoms with Crippen LogP contribution in [-0.2, 0) is 4.79 Å². The molecule has 3 aromatic rings. The molecule has 0 fully saturated rings. The van der Waals surface area contributed by atoms with Gasteiger partial charge in [-0.05, 0) is 34.7 Å². The summed E-state index contributed by atoms with van der Waals surface area (Å²) in [5.74, 6) is -0.998. The predicted octanol–water partition coefficient (Wildman–Crippen LogP) is 1.39. The van der Waals surface area contributed by atoms with Crippen molar-refractivity contribution in [1.82, 2.24) is 25.2 Å². The Morgan fingerprint density at radius 2 is 2.25 bits per heavy atom. The van der Waals surface area contributed by atoms with E-state index in [1.807, 2.05) is 30.3 Å². The van der Waals surface area contributed by atoms with Crippen LogP contribution in [0.2, 0.25) is 0 Å². The number of aliphatic carboxylic acids is 1. The van der Waals surface area contributed by atoms with Gasteiger partial charge < -0.3 is 5.11 Å². The van der Waals surface area contributed by atoms with Crippen LogP contribution in [0.15, 0.2) is 41.7 Å². The van der Waals surface area contributed by atoms with E-state index in [0.29, 0.717) is 5.16 Å². The maximum absolute atomic E-state index is 10.6. The van der Waals surface area contributed by atoms with Crippen LogP contribution in [0.25, 0.3) is 16.6 Å². The third-order valence-corrected chi connectivity index (χ3v) is 3.50. The van der Waals surface area contributed by atoms with Gasteiger partial charge in [-0.25, -0.2) is 0 Å². The van der Waals surface area contributed by atoms with E-state index in [1.54, 1.807) is 6.20 Å². The summed E-state index contributed by atoms with van der Waals surface area (Å²) < 4.78 is 1.51. The Hall–Kier alpha value is -2.48. The highest BCUT2D eigenvalue weighted by molar-refractivity contribution is 7.99. The maximum atomic E-state index is 10.6. The summed E-state index contributed by atoms with van der Waals surface area (Å²) in [5.41, 5.74) is 1.65. The standard InChI is InChI=1S/C12H9N5O2S/c18-11(19)7-20-12-14-15-16-17(12)9-3-4-10-8(6-9)2-1-5-13-10/h1-6H,7H2,(H,18,19). The molecule has 0 radical (unpaired) electrons. The predicted molar refractivity (Wildman–Crippen MR) is 72.8 cm³/mol. The lowest BCUT2D eigenvalue weighted by Crippen LogP contribution is -2.03. The minimum absolute atomic E-state index is 0.0878. The molecule has 0 aliphatic heterocycles. The second-order valence-corrected chi connectivity index (χ2v) is 4.88. The van der Waals surface area contributed by atoms with E-state index in [4.69, 9.17) is 5.11 Å². The molecule has 2 heterocycles. The molecule has 0 aliphatic carbocycles. The number of rotatable bonds is 4. The van der Waals surface area contributed by atoms with Gasteiger partial charge in [0.25, 0.3) is 0 Å². The van der Waals surface area contributed by atoms with E-state index in [9.17, 15) is 4.79 Å². The number of hydrogen-bond acceptors (Lipinski definition) is 6. The van der Waals surface area contributed by atoms with Crippen LogP contribution in [0.1, 0.15) is 0 Å². The zero-order valence-electron chi connectivity index (χ0n) is 10.2. The van der Waals surface area contributed by atoms with E-state index < -0.39 is 5.97 Å². The van der Waals surface area contributed by atoms with Gasteiger partial charge in [-0.15, -0.1) is 5.10 Å². The number of thioether (sulfide) groups is 1. The topological polar surface area (TPSA) is 93.8 Å². The van der Waals surface area contributed by atoms with E-state index in [-0.39, 0.29) is 5.75 Å². The van der Waals surface area contributed by atoms with Crippen molar-refractivity contribution in [1.29, 1.82) is 0 Å². The summed E-state index contributed by atoms with van der Waals surface area (Å²) in [6.45, 7) is 0. The molecule has 0 amide bonds. The Bertz CT molecular complexity index is 773. The quantitative estimate of drug-likeness (QED) is 0.724. The number of hydrogen-bond donors (Lipinski definition) is 1. The number of benzene rings is 1. The molecule has 3 rings (SSSR count). The van der Waals surface area contributed by atoms with E-state index in [1.165, 1.54) is 4.68 Å². The highest BCUT2D eigenvalue weighted by Crippen LogP contribution is 2.20. The van der Waals surface area contributed by atoms with Crippen LogP contribution in [0.4, 0.5) is 0 Å². The van der Waals surface area contributed by atoms with Crippen molar-refractivity contribution in [3.63, 3.8) is 0 Å². The van der Waals surface area contributed by atoms with Crippen LogP contribution in [0.3, 0.4) is 0 Å². The molecule has 0 aliphatic rings. The minimum atomic E-state index is -0.910. The number of carboxylic acids is 1. The number of carboxylic acid groups (broad SMARTS) is 1. The molecular formula is C12H9N5O2S. The van der Waals surface area contributed by atoms with Gasteiger partial charge in [0, 0.05) is 11.6 Å². The highest BCUT2D eigenvalue weighted by atomic mass is 32.2. The first kappa shape index (κ1) is 12.5. The van der Waals surface area contributed by atoms with Gasteiger partial charge in [0.1, 0.15) is 0 Å². The average Bonchev–Trinajstić information content (AvgIpc) is 2.93. The number of tetrazole rings is 1. The number of nitrogens with zero attached hydrogens (tertiary/aromatic N) is 5. The third-order valence-electron chi connectivity index (χ3n) is 2.60. The maximum Gasteiger partial charge on any atom is 0.313 e. The van der Waals surface area contributed by atoms with Crippen LogP contribution in [0, 0.1) is 0 Å². The monoisotopic (exact) mass is 287 g/mol. The molecule has 1 N–H and O–H groups in total. The Morgan fingerprint density at radius 1 is 1.35 bits per heavy atom. The number of carbonyl (C=O) groups is 1. The molecule has 0 unspecified atom stereocenters. The number of fused-ring (bicyclic) bond motifs is 1. The third kappa shape index (κ3) is 2.45. The number of pyridine rings is 1. The first-order valence-electron chi connectivity index (χ1n) is 5.72. The molecule has 100 valence electrons. The lowest BCUT2D eigenvalue weighted by molar-refractivity contribution is -0.133. The zero-order chi connectivity index (χ0) is 13.9. The minimum Gasteiger partial charge on any atom is -0.481 e. The Morgan fingerprint density at radius 3 is 3.10 bits per heavy atom. The number of aromatic nitrogens is 5. The lowest BCUT2D eigenvalue weighted by Gasteiger charge is -2.04. The molecule has 1 aromatic carbocycles. The van der Waals surface area contributed by atoms with Crippen LogP contribution >= 0.6 is 11.8 Å². The van der Waals surface area contributed by atoms with Crippen molar-refractivity contribution in [3.05, 3.63) is 36.5 Å². The molecule has 8 heteroatoms. The normalized spacial score (nSPS) is 10.8. The van der Waals surface area contributed by atoms with Crippen molar-refractivity contribution in [2.75, 3.05) is 5.75 Å². The van der Waals surface area contributed by atoms with Gasteiger partial charge in [-0.1, -0.05) is 17.8 Å². The Kier molecular flexibility index (Phi) is 3.30. The van der Waals surface area contributed by atoms with Crippen molar-refractivity contribution in [3.8, 4) is 5.69 Å². The van der Waals surface area contributed by atoms with Crippen LogP contribution < -0.4 is 0 Å². The molecule has 7 nitrogen and oxygen atoms in total. The fourth-order valence-corrected chi connectivity index (χ4v) is 2.36. The second-order valence-electron chi connectivity index (χ2n) is 3.94. The molecule has 0 saturated carbocycles. The van der Waals surface area contributed by atoms with Crippen molar-refractivity contribution in [2.45, 2.75) is 5.16 Å². The largest absolute Gasteiger partial charge is 0.481 e. The SMILES string of the molecule is O=C(O)CSc1nnnn1-c1ccc2ncccc2c1. The first-order chi connectivity index (χ1) is 9.74. The molecule has 0 spiro atoms. The van der Waals surface area contributed by atoms with Gasteiger partial charge in [0.2, 0.25) is 5.16 Å². The second kappa shape index (κ2) is 5.25. The van der Waals surface area contributed by atoms with Crippen molar-refractivity contribution in [2.24, 2.45) is 0 Å². The summed E-state index contributed by atoms with van der Waals surface area (Å²) in [7, 11) is 0. The van der Waals surface area contributed by atoms with Crippen molar-refractivity contribution < 1.29 is 9.90 Å². The van der Waals surface area contributed by atoms with E-state index in [0.717, 1.165) is 28.4 Å². The molecule has 20 heavy (non-hydrogen) atoms. The van der Waals surface area contributed by atoms with Crippen LogP contribution in [-0.4, -0.2) is 42.0 Å². The van der Waals surface area contributed by atoms with E-state index >= 15 is 0 Å². The molecule has 0 bridgehead atoms. The van der Waals surface area contributed by atoms with Gasteiger partial charge in [-0.3, -0.25) is 9.78 Å². The molecule has 0 atom stereocenters. The summed E-state index contributed by atoms with van der Waals surface area (Å²) in [6, 6.07) is 9.42. The van der Waals surface area contributed by atoms with Crippen molar-refractivity contribution >= 4 is 28.6 Å². The fraction of sp³-hybridized carbons (Fsp3) is 0.0833. The van der Waals surface area contributed by atoms with Gasteiger partial charge >= 0.3 is 5.97 Å². The zero-order valence-corrected chi connectivity index (χ0v) is 11.0.